The van der Waals surface area contributed by atoms with E-state index in [1.807, 2.05) is 0 Å². The van der Waals surface area contributed by atoms with Gasteiger partial charge in [-0.15, -0.1) is 11.3 Å². The Labute approximate surface area is 243 Å². The standard InChI is InChI=1S/C28H26N4O9S/c1-15(16-12-13-20(21(14-16)39-2)41-27(35)17-8-4-6-10-19(17)32(37)38)30-31-25(34)24(33)29-26-23(28(36)40-3)18-9-5-7-11-22(18)42-26/h4,6,8,10,12-14H,5,7,9,11H2,1-3H3,(H,29,33)(H,31,34)/b30-15+. The van der Waals surface area contributed by atoms with E-state index in [4.69, 9.17) is 14.2 Å². The molecule has 0 fully saturated rings. The number of ether oxygens (including phenoxy) is 3. The van der Waals surface area contributed by atoms with Crippen molar-refractivity contribution >= 4 is 51.5 Å². The minimum atomic E-state index is -1.06. The van der Waals surface area contributed by atoms with Gasteiger partial charge in [0.05, 0.1) is 30.4 Å². The van der Waals surface area contributed by atoms with Crippen LogP contribution in [0.4, 0.5) is 10.7 Å². The van der Waals surface area contributed by atoms with Gasteiger partial charge in [-0.3, -0.25) is 19.7 Å². The minimum Gasteiger partial charge on any atom is -0.493 e. The molecule has 4 rings (SSSR count). The molecule has 0 radical (unpaired) electrons. The third-order valence-corrected chi connectivity index (χ3v) is 7.63. The van der Waals surface area contributed by atoms with Crippen LogP contribution >= 0.6 is 11.3 Å². The third-order valence-electron chi connectivity index (χ3n) is 6.42. The van der Waals surface area contributed by atoms with E-state index in [0.29, 0.717) is 12.0 Å². The fraction of sp³-hybridized carbons (Fsp3) is 0.250. The van der Waals surface area contributed by atoms with Crippen LogP contribution in [0.25, 0.3) is 0 Å². The summed E-state index contributed by atoms with van der Waals surface area (Å²) >= 11 is 1.25. The summed E-state index contributed by atoms with van der Waals surface area (Å²) < 4.78 is 15.5. The Bertz CT molecular complexity index is 1610. The Balaban J connectivity index is 1.45. The van der Waals surface area contributed by atoms with E-state index in [9.17, 15) is 29.3 Å². The summed E-state index contributed by atoms with van der Waals surface area (Å²) in [5.41, 5.74) is 3.41. The summed E-state index contributed by atoms with van der Waals surface area (Å²) in [6.45, 7) is 1.56. The SMILES string of the molecule is COC(=O)c1c(NC(=O)C(=O)N/N=C(\C)c2ccc(OC(=O)c3ccccc3[N+](=O)[O-])c(OC)c2)sc2c1CCCC2. The van der Waals surface area contributed by atoms with Crippen molar-refractivity contribution in [2.45, 2.75) is 32.6 Å². The number of thiophene rings is 1. The highest BCUT2D eigenvalue weighted by atomic mass is 32.1. The van der Waals surface area contributed by atoms with Crippen molar-refractivity contribution in [3.8, 4) is 11.5 Å². The number of esters is 2. The number of para-hydroxylation sites is 1. The molecule has 2 aromatic carbocycles. The average molecular weight is 595 g/mol. The van der Waals surface area contributed by atoms with Gasteiger partial charge in [0.2, 0.25) is 0 Å². The van der Waals surface area contributed by atoms with Crippen LogP contribution < -0.4 is 20.2 Å². The van der Waals surface area contributed by atoms with E-state index in [-0.39, 0.29) is 33.3 Å². The summed E-state index contributed by atoms with van der Waals surface area (Å²) in [5.74, 6) is -3.47. The number of nitro groups is 1. The van der Waals surface area contributed by atoms with Crippen LogP contribution in [0.15, 0.2) is 47.6 Å². The number of hydrogen-bond acceptors (Lipinski definition) is 11. The highest BCUT2D eigenvalue weighted by Gasteiger charge is 2.28. The molecule has 1 aromatic heterocycles. The number of benzene rings is 2. The van der Waals surface area contributed by atoms with Gasteiger partial charge in [-0.25, -0.2) is 15.0 Å². The van der Waals surface area contributed by atoms with Gasteiger partial charge in [0.15, 0.2) is 11.5 Å². The van der Waals surface area contributed by atoms with Crippen LogP contribution in [0.2, 0.25) is 0 Å². The lowest BCUT2D eigenvalue weighted by Crippen LogP contribution is -2.33. The Morgan fingerprint density at radius 1 is 0.976 bits per heavy atom. The molecule has 0 spiro atoms. The second-order valence-electron chi connectivity index (χ2n) is 9.03. The van der Waals surface area contributed by atoms with E-state index < -0.39 is 34.4 Å². The largest absolute Gasteiger partial charge is 0.493 e. The Morgan fingerprint density at radius 3 is 2.43 bits per heavy atom. The first kappa shape index (κ1) is 29.9. The van der Waals surface area contributed by atoms with Crippen molar-refractivity contribution in [1.29, 1.82) is 0 Å². The zero-order chi connectivity index (χ0) is 30.4. The highest BCUT2D eigenvalue weighted by Crippen LogP contribution is 2.38. The first-order valence-electron chi connectivity index (χ1n) is 12.7. The van der Waals surface area contributed by atoms with Crippen LogP contribution in [-0.2, 0) is 27.2 Å². The zero-order valence-electron chi connectivity index (χ0n) is 22.8. The fourth-order valence-electron chi connectivity index (χ4n) is 4.32. The maximum Gasteiger partial charge on any atom is 0.350 e. The van der Waals surface area contributed by atoms with Crippen molar-refractivity contribution in [3.05, 3.63) is 79.7 Å². The Morgan fingerprint density at radius 2 is 1.71 bits per heavy atom. The Kier molecular flexibility index (Phi) is 9.27. The predicted molar refractivity (Wildman–Crippen MR) is 152 cm³/mol. The summed E-state index contributed by atoms with van der Waals surface area (Å²) in [7, 11) is 2.59. The number of amides is 2. The first-order valence-corrected chi connectivity index (χ1v) is 13.5. The molecule has 0 saturated carbocycles. The summed E-state index contributed by atoms with van der Waals surface area (Å²) in [5, 5.41) is 18.0. The molecule has 42 heavy (non-hydrogen) atoms. The van der Waals surface area contributed by atoms with E-state index in [2.05, 4.69) is 15.8 Å². The quantitative estimate of drug-likeness (QED) is 0.0974. The topological polar surface area (TPSA) is 176 Å². The maximum absolute atomic E-state index is 12.6. The second-order valence-corrected chi connectivity index (χ2v) is 10.1. The van der Waals surface area contributed by atoms with E-state index in [1.165, 1.54) is 68.0 Å². The minimum absolute atomic E-state index is 0.000620. The highest BCUT2D eigenvalue weighted by molar-refractivity contribution is 7.17. The number of nitrogens with zero attached hydrogens (tertiary/aromatic N) is 2. The smallest absolute Gasteiger partial charge is 0.350 e. The van der Waals surface area contributed by atoms with Gasteiger partial charge < -0.3 is 19.5 Å². The summed E-state index contributed by atoms with van der Waals surface area (Å²) in [6, 6.07) is 9.78. The number of carbonyl (C=O) groups excluding carboxylic acids is 4. The molecule has 3 aromatic rings. The fourth-order valence-corrected chi connectivity index (χ4v) is 5.59. The lowest BCUT2D eigenvalue weighted by molar-refractivity contribution is -0.385. The number of methoxy groups -OCH3 is 2. The number of anilines is 1. The van der Waals surface area contributed by atoms with Crippen molar-refractivity contribution in [2.24, 2.45) is 5.10 Å². The molecule has 2 N–H and O–H groups in total. The van der Waals surface area contributed by atoms with Gasteiger partial charge in [-0.2, -0.15) is 5.10 Å². The van der Waals surface area contributed by atoms with Gasteiger partial charge in [-0.1, -0.05) is 12.1 Å². The second kappa shape index (κ2) is 13.0. The van der Waals surface area contributed by atoms with Crippen LogP contribution in [0.5, 0.6) is 11.5 Å². The molecule has 0 unspecified atom stereocenters. The number of carbonyl (C=O) groups is 4. The van der Waals surface area contributed by atoms with Crippen LogP contribution in [-0.4, -0.2) is 48.6 Å². The third kappa shape index (κ3) is 6.44. The molecule has 0 bridgehead atoms. The lowest BCUT2D eigenvalue weighted by atomic mass is 9.95. The molecule has 13 nitrogen and oxygen atoms in total. The zero-order valence-corrected chi connectivity index (χ0v) is 23.7. The maximum atomic E-state index is 12.6. The molecular formula is C28H26N4O9S. The predicted octanol–water partition coefficient (Wildman–Crippen LogP) is 4.03. The molecule has 2 amide bonds. The summed E-state index contributed by atoms with van der Waals surface area (Å²) in [4.78, 5) is 61.7. The normalized spacial score (nSPS) is 12.5. The van der Waals surface area contributed by atoms with E-state index in [0.717, 1.165) is 29.7 Å². The van der Waals surface area contributed by atoms with E-state index in [1.54, 1.807) is 6.92 Å². The first-order chi connectivity index (χ1) is 20.1. The number of nitro benzene ring substituents is 1. The lowest BCUT2D eigenvalue weighted by Gasteiger charge is -2.12. The molecule has 218 valence electrons. The number of aryl methyl sites for hydroxylation is 1. The van der Waals surface area contributed by atoms with Gasteiger partial charge in [0, 0.05) is 16.5 Å². The molecule has 0 saturated heterocycles. The molecule has 1 heterocycles. The number of hydrazone groups is 1. The molecule has 14 heteroatoms. The molecule has 0 atom stereocenters. The summed E-state index contributed by atoms with van der Waals surface area (Å²) in [6.07, 6.45) is 3.36. The van der Waals surface area contributed by atoms with Crippen molar-refractivity contribution in [3.63, 3.8) is 0 Å². The average Bonchev–Trinajstić information content (AvgIpc) is 3.36. The van der Waals surface area contributed by atoms with Gasteiger partial charge in [0.25, 0.3) is 5.69 Å². The Hall–Kier alpha value is -5.11. The van der Waals surface area contributed by atoms with Gasteiger partial charge >= 0.3 is 23.8 Å². The molecule has 1 aliphatic carbocycles. The number of nitrogens with one attached hydrogen (secondary N) is 2. The van der Waals surface area contributed by atoms with Crippen molar-refractivity contribution in [2.75, 3.05) is 19.5 Å². The molecule has 0 aliphatic heterocycles. The van der Waals surface area contributed by atoms with Gasteiger partial charge in [-0.05, 0) is 62.4 Å². The van der Waals surface area contributed by atoms with Gasteiger partial charge in [0.1, 0.15) is 10.6 Å². The number of rotatable bonds is 8. The van der Waals surface area contributed by atoms with E-state index >= 15 is 0 Å². The molecular weight excluding hydrogens is 568 g/mol. The monoisotopic (exact) mass is 594 g/mol. The van der Waals surface area contributed by atoms with Crippen molar-refractivity contribution < 1.29 is 38.3 Å². The number of hydrogen-bond donors (Lipinski definition) is 2. The molecule has 1 aliphatic rings. The van der Waals surface area contributed by atoms with Crippen LogP contribution in [0, 0.1) is 10.1 Å². The van der Waals surface area contributed by atoms with Crippen LogP contribution in [0.3, 0.4) is 0 Å². The van der Waals surface area contributed by atoms with Crippen molar-refractivity contribution in [1.82, 2.24) is 5.43 Å². The van der Waals surface area contributed by atoms with Crippen LogP contribution in [0.1, 0.15) is 56.5 Å². The number of fused-ring (bicyclic) bond motifs is 1.